The molecule has 3 aromatic carbocycles. The summed E-state index contributed by atoms with van der Waals surface area (Å²) < 4.78 is 18.8. The molecule has 0 saturated heterocycles. The van der Waals surface area contributed by atoms with Gasteiger partial charge in [-0.25, -0.2) is 4.98 Å². The van der Waals surface area contributed by atoms with Gasteiger partial charge < -0.3 is 18.8 Å². The topological polar surface area (TPSA) is 45.5 Å². The molecule has 0 radical (unpaired) electrons. The van der Waals surface area contributed by atoms with E-state index in [0.717, 1.165) is 45.0 Å². The third-order valence-corrected chi connectivity index (χ3v) is 5.78. The van der Waals surface area contributed by atoms with E-state index >= 15 is 0 Å². The number of nitrogens with zero attached hydrogens (tertiary/aromatic N) is 2. The van der Waals surface area contributed by atoms with E-state index in [4.69, 9.17) is 19.2 Å². The van der Waals surface area contributed by atoms with E-state index in [1.165, 1.54) is 5.56 Å². The van der Waals surface area contributed by atoms with Crippen molar-refractivity contribution in [2.45, 2.75) is 26.3 Å². The molecule has 5 heteroatoms. The van der Waals surface area contributed by atoms with Crippen LogP contribution in [0.25, 0.3) is 33.5 Å². The highest BCUT2D eigenvalue weighted by Crippen LogP contribution is 2.36. The molecule has 1 aromatic heterocycles. The van der Waals surface area contributed by atoms with Crippen LogP contribution in [0.2, 0.25) is 0 Å². The highest BCUT2D eigenvalue weighted by molar-refractivity contribution is 5.91. The molecule has 0 aliphatic heterocycles. The third kappa shape index (κ3) is 4.21. The van der Waals surface area contributed by atoms with Gasteiger partial charge in [-0.3, -0.25) is 0 Å². The first-order chi connectivity index (χ1) is 15.5. The standard InChI is InChI=1S/C27H30N2O3/c1-18(2)19-9-11-20(12-10-19)27-28-24-16-22(21-7-6-8-23(15-21)31-4)17-25(32-5)26(24)29(27)13-14-30-3/h6-12,15-18H,13-14H2,1-5H3. The highest BCUT2D eigenvalue weighted by Gasteiger charge is 2.18. The van der Waals surface area contributed by atoms with Crippen molar-refractivity contribution in [2.24, 2.45) is 0 Å². The first-order valence-electron chi connectivity index (χ1n) is 10.9. The molecule has 32 heavy (non-hydrogen) atoms. The van der Waals surface area contributed by atoms with Gasteiger partial charge in [0.05, 0.1) is 26.3 Å². The van der Waals surface area contributed by atoms with Crippen LogP contribution in [-0.4, -0.2) is 37.5 Å². The lowest BCUT2D eigenvalue weighted by Gasteiger charge is -2.13. The molecule has 0 unspecified atom stereocenters. The third-order valence-electron chi connectivity index (χ3n) is 5.78. The van der Waals surface area contributed by atoms with Gasteiger partial charge in [0.2, 0.25) is 0 Å². The van der Waals surface area contributed by atoms with Gasteiger partial charge >= 0.3 is 0 Å². The lowest BCUT2D eigenvalue weighted by Crippen LogP contribution is -2.07. The second-order valence-electron chi connectivity index (χ2n) is 8.13. The molecule has 0 bridgehead atoms. The summed E-state index contributed by atoms with van der Waals surface area (Å²) in [5.74, 6) is 3.00. The van der Waals surface area contributed by atoms with E-state index in [9.17, 15) is 0 Å². The molecule has 0 amide bonds. The minimum atomic E-state index is 0.488. The second-order valence-corrected chi connectivity index (χ2v) is 8.13. The molecule has 0 saturated carbocycles. The first-order valence-corrected chi connectivity index (χ1v) is 10.9. The Labute approximate surface area is 189 Å². The van der Waals surface area contributed by atoms with Crippen molar-refractivity contribution in [3.05, 3.63) is 66.2 Å². The zero-order chi connectivity index (χ0) is 22.7. The molecule has 1 heterocycles. The Morgan fingerprint density at radius 3 is 2.28 bits per heavy atom. The van der Waals surface area contributed by atoms with Crippen LogP contribution < -0.4 is 9.47 Å². The molecule has 0 N–H and O–H groups in total. The van der Waals surface area contributed by atoms with E-state index in [1.54, 1.807) is 21.3 Å². The van der Waals surface area contributed by atoms with Crippen LogP contribution in [0.15, 0.2) is 60.7 Å². The summed E-state index contributed by atoms with van der Waals surface area (Å²) >= 11 is 0. The average molecular weight is 431 g/mol. The summed E-state index contributed by atoms with van der Waals surface area (Å²) in [6.07, 6.45) is 0. The van der Waals surface area contributed by atoms with Crippen molar-refractivity contribution in [1.29, 1.82) is 0 Å². The fourth-order valence-electron chi connectivity index (χ4n) is 3.99. The summed E-state index contributed by atoms with van der Waals surface area (Å²) in [6.45, 7) is 5.67. The minimum Gasteiger partial charge on any atom is -0.497 e. The fourth-order valence-corrected chi connectivity index (χ4v) is 3.99. The molecular weight excluding hydrogens is 400 g/mol. The molecular formula is C27H30N2O3. The molecule has 4 aromatic rings. The van der Waals surface area contributed by atoms with Gasteiger partial charge in [0, 0.05) is 19.2 Å². The van der Waals surface area contributed by atoms with Crippen LogP contribution in [0.5, 0.6) is 11.5 Å². The van der Waals surface area contributed by atoms with Gasteiger partial charge in [-0.05, 0) is 46.9 Å². The Bertz CT molecular complexity index is 1210. The predicted molar refractivity (Wildman–Crippen MR) is 130 cm³/mol. The number of hydrogen-bond donors (Lipinski definition) is 0. The molecule has 0 aliphatic carbocycles. The maximum Gasteiger partial charge on any atom is 0.145 e. The highest BCUT2D eigenvalue weighted by atomic mass is 16.5. The average Bonchev–Trinajstić information content (AvgIpc) is 3.20. The molecule has 4 rings (SSSR count). The maximum absolute atomic E-state index is 5.83. The van der Waals surface area contributed by atoms with Gasteiger partial charge in [-0.2, -0.15) is 0 Å². The number of hydrogen-bond acceptors (Lipinski definition) is 4. The number of benzene rings is 3. The number of fused-ring (bicyclic) bond motifs is 1. The Balaban J connectivity index is 1.90. The Hall–Kier alpha value is -3.31. The van der Waals surface area contributed by atoms with E-state index in [-0.39, 0.29) is 0 Å². The van der Waals surface area contributed by atoms with Crippen molar-refractivity contribution in [3.63, 3.8) is 0 Å². The van der Waals surface area contributed by atoms with Gasteiger partial charge in [-0.15, -0.1) is 0 Å². The first kappa shape index (κ1) is 21.9. The van der Waals surface area contributed by atoms with Crippen molar-refractivity contribution in [2.75, 3.05) is 27.9 Å². The molecule has 166 valence electrons. The van der Waals surface area contributed by atoms with Crippen LogP contribution in [0, 0.1) is 0 Å². The van der Waals surface area contributed by atoms with Crippen molar-refractivity contribution >= 4 is 11.0 Å². The smallest absolute Gasteiger partial charge is 0.145 e. The SMILES string of the molecule is COCCn1c(-c2ccc(C(C)C)cc2)nc2cc(-c3cccc(OC)c3)cc(OC)c21. The van der Waals surface area contributed by atoms with E-state index in [0.29, 0.717) is 19.1 Å². The molecule has 0 fully saturated rings. The number of rotatable bonds is 8. The van der Waals surface area contributed by atoms with Gasteiger partial charge in [0.15, 0.2) is 0 Å². The van der Waals surface area contributed by atoms with Crippen LogP contribution in [0.3, 0.4) is 0 Å². The number of methoxy groups -OCH3 is 3. The van der Waals surface area contributed by atoms with Crippen LogP contribution in [-0.2, 0) is 11.3 Å². The molecule has 5 nitrogen and oxygen atoms in total. The van der Waals surface area contributed by atoms with Crippen LogP contribution >= 0.6 is 0 Å². The molecule has 0 aliphatic rings. The summed E-state index contributed by atoms with van der Waals surface area (Å²) in [5.41, 5.74) is 6.34. The van der Waals surface area contributed by atoms with Gasteiger partial charge in [0.1, 0.15) is 22.8 Å². The normalized spacial score (nSPS) is 11.3. The quantitative estimate of drug-likeness (QED) is 0.336. The number of imidazole rings is 1. The summed E-state index contributed by atoms with van der Waals surface area (Å²) in [4.78, 5) is 5.04. The maximum atomic E-state index is 5.83. The Morgan fingerprint density at radius 2 is 1.62 bits per heavy atom. The van der Waals surface area contributed by atoms with Gasteiger partial charge in [-0.1, -0.05) is 50.2 Å². The lowest BCUT2D eigenvalue weighted by molar-refractivity contribution is 0.188. The number of aromatic nitrogens is 2. The van der Waals surface area contributed by atoms with E-state index in [1.807, 2.05) is 18.2 Å². The second kappa shape index (κ2) is 9.45. The van der Waals surface area contributed by atoms with E-state index in [2.05, 4.69) is 60.9 Å². The van der Waals surface area contributed by atoms with Crippen LogP contribution in [0.1, 0.15) is 25.3 Å². The largest absolute Gasteiger partial charge is 0.497 e. The van der Waals surface area contributed by atoms with Crippen molar-refractivity contribution < 1.29 is 14.2 Å². The molecule has 0 atom stereocenters. The summed E-state index contributed by atoms with van der Waals surface area (Å²) in [5, 5.41) is 0. The van der Waals surface area contributed by atoms with Crippen LogP contribution in [0.4, 0.5) is 0 Å². The summed E-state index contributed by atoms with van der Waals surface area (Å²) in [7, 11) is 5.10. The minimum absolute atomic E-state index is 0.488. The van der Waals surface area contributed by atoms with Crippen molar-refractivity contribution in [1.82, 2.24) is 9.55 Å². The summed E-state index contributed by atoms with van der Waals surface area (Å²) in [6, 6.07) is 20.9. The zero-order valence-electron chi connectivity index (χ0n) is 19.4. The Morgan fingerprint density at radius 1 is 0.844 bits per heavy atom. The zero-order valence-corrected chi connectivity index (χ0v) is 19.4. The molecule has 0 spiro atoms. The number of ether oxygens (including phenoxy) is 3. The van der Waals surface area contributed by atoms with E-state index < -0.39 is 0 Å². The monoisotopic (exact) mass is 430 g/mol. The van der Waals surface area contributed by atoms with Crippen molar-refractivity contribution in [3.8, 4) is 34.0 Å². The Kier molecular flexibility index (Phi) is 6.47. The fraction of sp³-hybridized carbons (Fsp3) is 0.296. The lowest BCUT2D eigenvalue weighted by atomic mass is 10.0. The van der Waals surface area contributed by atoms with Gasteiger partial charge in [0.25, 0.3) is 0 Å². The predicted octanol–water partition coefficient (Wildman–Crippen LogP) is 6.16.